The molecule has 0 saturated carbocycles. The van der Waals surface area contributed by atoms with Gasteiger partial charge in [-0.05, 0) is 12.8 Å². The monoisotopic (exact) mass is 257 g/mol. The number of unbranched alkanes of at least 4 members (excludes halogenated alkanes) is 1. The van der Waals surface area contributed by atoms with E-state index in [1.165, 1.54) is 0 Å². The molecule has 2 heterocycles. The van der Waals surface area contributed by atoms with Crippen molar-refractivity contribution in [2.45, 2.75) is 43.0 Å². The molecule has 2 fully saturated rings. The fourth-order valence-corrected chi connectivity index (χ4v) is 4.26. The van der Waals surface area contributed by atoms with E-state index in [0.717, 1.165) is 25.0 Å². The third-order valence-corrected chi connectivity index (χ3v) is 5.02. The van der Waals surface area contributed by atoms with Crippen LogP contribution in [0.2, 0.25) is 0 Å². The third kappa shape index (κ3) is 2.68. The predicted molar refractivity (Wildman–Crippen MR) is 67.8 cm³/mol. The van der Waals surface area contributed by atoms with Crippen molar-refractivity contribution in [2.75, 3.05) is 12.8 Å². The van der Waals surface area contributed by atoms with Crippen LogP contribution >= 0.6 is 11.8 Å². The molecule has 2 saturated heterocycles. The highest BCUT2D eigenvalue weighted by molar-refractivity contribution is 8.00. The lowest BCUT2D eigenvalue weighted by Gasteiger charge is -2.23. The maximum Gasteiger partial charge on any atom is 0.317 e. The van der Waals surface area contributed by atoms with Gasteiger partial charge in [0.2, 0.25) is 5.91 Å². The fourth-order valence-electron chi connectivity index (χ4n) is 2.62. The van der Waals surface area contributed by atoms with E-state index in [4.69, 9.17) is 5.73 Å². The van der Waals surface area contributed by atoms with Gasteiger partial charge in [0, 0.05) is 24.5 Å². The Labute approximate surface area is 105 Å². The van der Waals surface area contributed by atoms with Crippen LogP contribution in [-0.2, 0) is 4.79 Å². The number of amides is 3. The Morgan fingerprint density at radius 1 is 1.59 bits per heavy atom. The largest absolute Gasteiger partial charge is 0.370 e. The summed E-state index contributed by atoms with van der Waals surface area (Å²) in [6.45, 7) is 0. The summed E-state index contributed by atoms with van der Waals surface area (Å²) in [6, 6.07) is 0.669. The van der Waals surface area contributed by atoms with Crippen LogP contribution in [-0.4, -0.2) is 47.0 Å². The number of nitrogens with zero attached hydrogens (tertiary/aromatic N) is 1. The number of carbonyl (C=O) groups is 2. The van der Waals surface area contributed by atoms with E-state index in [2.05, 4.69) is 5.32 Å². The van der Waals surface area contributed by atoms with Gasteiger partial charge in [-0.1, -0.05) is 6.42 Å². The number of hydrogen-bond donors (Lipinski definition) is 2. The lowest BCUT2D eigenvalue weighted by Crippen LogP contribution is -2.38. The highest BCUT2D eigenvalue weighted by atomic mass is 32.2. The second kappa shape index (κ2) is 5.16. The number of nitrogens with one attached hydrogen (secondary N) is 1. The van der Waals surface area contributed by atoms with Crippen molar-refractivity contribution in [1.29, 1.82) is 0 Å². The Morgan fingerprint density at radius 3 is 3.06 bits per heavy atom. The Kier molecular flexibility index (Phi) is 3.81. The van der Waals surface area contributed by atoms with Crippen LogP contribution in [0, 0.1) is 0 Å². The second-order valence-corrected chi connectivity index (χ2v) is 6.01. The van der Waals surface area contributed by atoms with Gasteiger partial charge in [-0.2, -0.15) is 11.8 Å². The smallest absolute Gasteiger partial charge is 0.317 e. The Hall–Kier alpha value is -0.910. The number of thioether (sulfide) groups is 1. The summed E-state index contributed by atoms with van der Waals surface area (Å²) in [6.07, 6.45) is 3.39. The zero-order chi connectivity index (χ0) is 12.4. The summed E-state index contributed by atoms with van der Waals surface area (Å²) in [7, 11) is 1.86. The molecule has 2 aliphatic heterocycles. The molecule has 0 aliphatic carbocycles. The molecule has 0 radical (unpaired) electrons. The highest BCUT2D eigenvalue weighted by Gasteiger charge is 2.46. The average Bonchev–Trinajstić information content (AvgIpc) is 2.77. The first-order valence-electron chi connectivity index (χ1n) is 6.03. The van der Waals surface area contributed by atoms with E-state index in [-0.39, 0.29) is 11.9 Å². The maximum atomic E-state index is 11.5. The van der Waals surface area contributed by atoms with Crippen LogP contribution in [0.25, 0.3) is 0 Å². The average molecular weight is 257 g/mol. The van der Waals surface area contributed by atoms with Gasteiger partial charge >= 0.3 is 6.03 Å². The quantitative estimate of drug-likeness (QED) is 0.557. The standard InChI is InChI=1S/C11H19N3O2S/c1-14-10-7(13-11(14)16)6-17-8(10)4-2-3-5-9(12)15/h7-8,10H,2-6H2,1H3,(H2,12,15)(H,13,16)/t7-,8-,10-/m0/s1. The molecule has 3 atom stereocenters. The molecule has 0 unspecified atom stereocenters. The molecule has 0 bridgehead atoms. The summed E-state index contributed by atoms with van der Waals surface area (Å²) in [5.74, 6) is 0.776. The molecule has 0 aromatic carbocycles. The second-order valence-electron chi connectivity index (χ2n) is 4.74. The molecular weight excluding hydrogens is 238 g/mol. The minimum absolute atomic E-state index is 0.0439. The van der Waals surface area contributed by atoms with E-state index in [9.17, 15) is 9.59 Å². The van der Waals surface area contributed by atoms with Crippen LogP contribution in [0.1, 0.15) is 25.7 Å². The number of rotatable bonds is 5. The molecule has 2 rings (SSSR count). The minimum Gasteiger partial charge on any atom is -0.370 e. The third-order valence-electron chi connectivity index (χ3n) is 3.52. The zero-order valence-corrected chi connectivity index (χ0v) is 10.8. The molecule has 2 aliphatic rings. The van der Waals surface area contributed by atoms with E-state index < -0.39 is 0 Å². The highest BCUT2D eigenvalue weighted by Crippen LogP contribution is 2.36. The summed E-state index contributed by atoms with van der Waals surface area (Å²) in [5.41, 5.74) is 5.11. The Morgan fingerprint density at radius 2 is 2.35 bits per heavy atom. The normalized spacial score (nSPS) is 31.5. The summed E-state index contributed by atoms with van der Waals surface area (Å²) >= 11 is 1.93. The number of hydrogen-bond acceptors (Lipinski definition) is 3. The number of fused-ring (bicyclic) bond motifs is 1. The van der Waals surface area contributed by atoms with Gasteiger partial charge in [-0.25, -0.2) is 4.79 Å². The Balaban J connectivity index is 1.78. The molecule has 5 nitrogen and oxygen atoms in total. The summed E-state index contributed by atoms with van der Waals surface area (Å²) in [5, 5.41) is 3.49. The molecule has 3 amide bonds. The van der Waals surface area contributed by atoms with Crippen LogP contribution in [0.4, 0.5) is 4.79 Å². The van der Waals surface area contributed by atoms with E-state index in [1.54, 1.807) is 0 Å². The SMILES string of the molecule is CN1C(=O)N[C@H]2CS[C@@H](CCCCC(N)=O)[C@H]21. The first-order valence-corrected chi connectivity index (χ1v) is 7.07. The molecule has 0 spiro atoms. The van der Waals surface area contributed by atoms with Crippen molar-refractivity contribution in [3.8, 4) is 0 Å². The maximum absolute atomic E-state index is 11.5. The van der Waals surface area contributed by atoms with Crippen molar-refractivity contribution in [2.24, 2.45) is 5.73 Å². The summed E-state index contributed by atoms with van der Waals surface area (Å²) < 4.78 is 0. The van der Waals surface area contributed by atoms with Crippen LogP contribution in [0.3, 0.4) is 0 Å². The first-order chi connectivity index (χ1) is 8.09. The molecule has 3 N–H and O–H groups in total. The lowest BCUT2D eigenvalue weighted by atomic mass is 10.0. The fraction of sp³-hybridized carbons (Fsp3) is 0.818. The number of primary amides is 1. The van der Waals surface area contributed by atoms with Crippen LogP contribution in [0.5, 0.6) is 0 Å². The number of urea groups is 1. The predicted octanol–water partition coefficient (Wildman–Crippen LogP) is 0.540. The van der Waals surface area contributed by atoms with Crippen molar-refractivity contribution < 1.29 is 9.59 Å². The molecule has 96 valence electrons. The van der Waals surface area contributed by atoms with Crippen molar-refractivity contribution in [3.05, 3.63) is 0 Å². The number of carbonyl (C=O) groups excluding carboxylic acids is 2. The first kappa shape index (κ1) is 12.5. The number of nitrogens with two attached hydrogens (primary N) is 1. The summed E-state index contributed by atoms with van der Waals surface area (Å²) in [4.78, 5) is 23.9. The van der Waals surface area contributed by atoms with Gasteiger partial charge in [0.25, 0.3) is 0 Å². The van der Waals surface area contributed by atoms with Gasteiger partial charge in [0.15, 0.2) is 0 Å². The zero-order valence-electron chi connectivity index (χ0n) is 10.0. The van der Waals surface area contributed by atoms with Gasteiger partial charge in [0.05, 0.1) is 12.1 Å². The topological polar surface area (TPSA) is 75.4 Å². The van der Waals surface area contributed by atoms with Crippen molar-refractivity contribution >= 4 is 23.7 Å². The van der Waals surface area contributed by atoms with Crippen LogP contribution in [0.15, 0.2) is 0 Å². The van der Waals surface area contributed by atoms with Gasteiger partial charge in [-0.3, -0.25) is 4.79 Å². The number of likely N-dealkylation sites (N-methyl/N-ethyl adjacent to an activating group) is 1. The van der Waals surface area contributed by atoms with Gasteiger partial charge < -0.3 is 16.0 Å². The molecular formula is C11H19N3O2S. The van der Waals surface area contributed by atoms with Gasteiger partial charge in [0.1, 0.15) is 0 Å². The molecule has 6 heteroatoms. The van der Waals surface area contributed by atoms with Crippen LogP contribution < -0.4 is 11.1 Å². The lowest BCUT2D eigenvalue weighted by molar-refractivity contribution is -0.118. The van der Waals surface area contributed by atoms with Crippen molar-refractivity contribution in [3.63, 3.8) is 0 Å². The van der Waals surface area contributed by atoms with Crippen molar-refractivity contribution in [1.82, 2.24) is 10.2 Å². The molecule has 0 aromatic heterocycles. The van der Waals surface area contributed by atoms with E-state index >= 15 is 0 Å². The van der Waals surface area contributed by atoms with Gasteiger partial charge in [-0.15, -0.1) is 0 Å². The van der Waals surface area contributed by atoms with E-state index in [1.807, 2.05) is 23.7 Å². The molecule has 0 aromatic rings. The Bertz CT molecular complexity index is 324. The molecule has 17 heavy (non-hydrogen) atoms. The van der Waals surface area contributed by atoms with E-state index in [0.29, 0.717) is 23.8 Å². The minimum atomic E-state index is -0.225.